The predicted octanol–water partition coefficient (Wildman–Crippen LogP) is 4.85. The van der Waals surface area contributed by atoms with Gasteiger partial charge in [0.2, 0.25) is 0 Å². The Morgan fingerprint density at radius 3 is 1.41 bits per heavy atom. The summed E-state index contributed by atoms with van der Waals surface area (Å²) in [6.45, 7) is 5.36. The molecule has 1 radical (unpaired) electrons. The summed E-state index contributed by atoms with van der Waals surface area (Å²) < 4.78 is 0. The maximum absolute atomic E-state index is 3.42. The molecule has 0 amide bonds. The van der Waals surface area contributed by atoms with Crippen molar-refractivity contribution in [3.8, 4) is 0 Å². The molecule has 0 aromatic heterocycles. The van der Waals surface area contributed by atoms with Crippen LogP contribution in [0.15, 0.2) is 48.6 Å². The Morgan fingerprint density at radius 2 is 1.35 bits per heavy atom. The molecule has 0 saturated carbocycles. The van der Waals surface area contributed by atoms with Crippen LogP contribution in [0.25, 0.3) is 0 Å². The predicted molar refractivity (Wildman–Crippen MR) is 77.8 cm³/mol. The van der Waals surface area contributed by atoms with Gasteiger partial charge < -0.3 is 0 Å². The van der Waals surface area contributed by atoms with E-state index < -0.39 is 0 Å². The van der Waals surface area contributed by atoms with Crippen molar-refractivity contribution < 1.29 is 26.2 Å². The summed E-state index contributed by atoms with van der Waals surface area (Å²) in [6, 6.07) is 0. The topological polar surface area (TPSA) is 0 Å². The van der Waals surface area contributed by atoms with Crippen LogP contribution in [0.2, 0.25) is 0 Å². The Labute approximate surface area is 138 Å². The average Bonchev–Trinajstić information content (AvgIpc) is 2.94. The molecule has 3 heteroatoms. The second-order valence-electron chi connectivity index (χ2n) is 2.58. The summed E-state index contributed by atoms with van der Waals surface area (Å²) >= 11 is 0. The first-order valence-electron chi connectivity index (χ1n) is 4.75. The van der Waals surface area contributed by atoms with E-state index in [0.29, 0.717) is 0 Å². The van der Waals surface area contributed by atoms with E-state index in [1.807, 2.05) is 37.3 Å². The van der Waals surface area contributed by atoms with Gasteiger partial charge in [0.1, 0.15) is 0 Å². The molecule has 0 spiro atoms. The molecule has 93 valence electrons. The van der Waals surface area contributed by atoms with Crippen molar-refractivity contribution in [2.75, 3.05) is 0 Å². The van der Waals surface area contributed by atoms with Crippen molar-refractivity contribution in [3.63, 3.8) is 0 Å². The van der Waals surface area contributed by atoms with Crippen LogP contribution >= 0.6 is 24.8 Å². The van der Waals surface area contributed by atoms with E-state index in [4.69, 9.17) is 0 Å². The zero-order valence-corrected chi connectivity index (χ0v) is 14.1. The zero-order valence-electron chi connectivity index (χ0n) is 10.1. The maximum Gasteiger partial charge on any atom is 3.00 e. The fourth-order valence-corrected chi connectivity index (χ4v) is 0.680. The minimum atomic E-state index is 0. The first kappa shape index (κ1) is 25.8. The van der Waals surface area contributed by atoms with Crippen LogP contribution in [0.4, 0.5) is 0 Å². The van der Waals surface area contributed by atoms with E-state index in [1.165, 1.54) is 0 Å². The Bertz CT molecular complexity index is 205. The Hall–Kier alpha value is 0.0331. The molecule has 0 aliphatic heterocycles. The first-order valence-corrected chi connectivity index (χ1v) is 4.75. The van der Waals surface area contributed by atoms with Gasteiger partial charge in [0.05, 0.1) is 0 Å². The van der Waals surface area contributed by atoms with Gasteiger partial charge in [-0.2, -0.15) is 12.2 Å². The molecule has 0 nitrogen and oxygen atoms in total. The summed E-state index contributed by atoms with van der Waals surface area (Å²) in [5, 5.41) is 0. The molecule has 0 N–H and O–H groups in total. The van der Waals surface area contributed by atoms with Crippen LogP contribution in [-0.2, 0) is 26.2 Å². The smallest absolute Gasteiger partial charge is 0.273 e. The quantitative estimate of drug-likeness (QED) is 0.549. The molecule has 2 aliphatic rings. The zero-order chi connectivity index (χ0) is 10.5. The summed E-state index contributed by atoms with van der Waals surface area (Å²) in [6.07, 6.45) is 23.6. The summed E-state index contributed by atoms with van der Waals surface area (Å²) in [7, 11) is 0. The summed E-state index contributed by atoms with van der Waals surface area (Å²) in [4.78, 5) is 0. The maximum atomic E-state index is 3.42. The molecule has 0 unspecified atom stereocenters. The molecule has 0 aromatic rings. The van der Waals surface area contributed by atoms with E-state index in [-0.39, 0.29) is 51.0 Å². The van der Waals surface area contributed by atoms with Gasteiger partial charge >= 0.3 is 26.2 Å². The molecule has 0 bridgehead atoms. The van der Waals surface area contributed by atoms with Crippen molar-refractivity contribution in [3.05, 3.63) is 67.7 Å². The van der Waals surface area contributed by atoms with Crippen molar-refractivity contribution in [2.24, 2.45) is 0 Å². The molecule has 17 heavy (non-hydrogen) atoms. The largest absolute Gasteiger partial charge is 3.00 e. The van der Waals surface area contributed by atoms with E-state index in [0.717, 1.165) is 12.8 Å². The molecule has 0 saturated heterocycles. The van der Waals surface area contributed by atoms with Gasteiger partial charge in [-0.25, -0.2) is 43.4 Å². The van der Waals surface area contributed by atoms with E-state index in [2.05, 4.69) is 31.2 Å². The van der Waals surface area contributed by atoms with Gasteiger partial charge in [0.25, 0.3) is 0 Å². The standard InChI is InChI=1S/2C5H5.C4H7.2ClH.Zr/c2*1-2-4-5-3-1;1-3-4-2;;;/h2*1-3H,4H2;3-4H,1H2,2H3;2*1H;/q3*-1;;;+3. The van der Waals surface area contributed by atoms with Crippen molar-refractivity contribution in [1.82, 2.24) is 0 Å². The minimum Gasteiger partial charge on any atom is -0.273 e. The summed E-state index contributed by atoms with van der Waals surface area (Å²) in [5.41, 5.74) is 0. The average molecular weight is 349 g/mol. The Kier molecular flexibility index (Phi) is 37.9. The van der Waals surface area contributed by atoms with Gasteiger partial charge in [-0.3, -0.25) is 12.2 Å². The van der Waals surface area contributed by atoms with E-state index in [9.17, 15) is 0 Å². The van der Waals surface area contributed by atoms with Crippen molar-refractivity contribution >= 4 is 24.8 Å². The molecule has 2 rings (SSSR count). The summed E-state index contributed by atoms with van der Waals surface area (Å²) in [5.74, 6) is 0. The molecular weight excluding hydrogens is 330 g/mol. The number of halogens is 2. The van der Waals surface area contributed by atoms with Crippen LogP contribution < -0.4 is 0 Å². The van der Waals surface area contributed by atoms with Crippen LogP contribution in [0, 0.1) is 19.1 Å². The van der Waals surface area contributed by atoms with Crippen LogP contribution in [0.1, 0.15) is 19.8 Å². The molecule has 0 fully saturated rings. The van der Waals surface area contributed by atoms with Gasteiger partial charge in [0.15, 0.2) is 0 Å². The fraction of sp³-hybridized carbons (Fsp3) is 0.214. The van der Waals surface area contributed by atoms with E-state index >= 15 is 0 Å². The van der Waals surface area contributed by atoms with E-state index in [1.54, 1.807) is 6.08 Å². The van der Waals surface area contributed by atoms with Gasteiger partial charge in [-0.15, -0.1) is 44.6 Å². The van der Waals surface area contributed by atoms with Crippen LogP contribution in [-0.4, -0.2) is 0 Å². The third-order valence-corrected chi connectivity index (χ3v) is 1.41. The number of hydrogen-bond acceptors (Lipinski definition) is 0. The van der Waals surface area contributed by atoms with Gasteiger partial charge in [0, 0.05) is 0 Å². The van der Waals surface area contributed by atoms with Crippen LogP contribution in [0.3, 0.4) is 0 Å². The second-order valence-corrected chi connectivity index (χ2v) is 2.58. The Morgan fingerprint density at radius 1 is 1.00 bits per heavy atom. The minimum absolute atomic E-state index is 0. The third-order valence-electron chi connectivity index (χ3n) is 1.41. The van der Waals surface area contributed by atoms with Gasteiger partial charge in [-0.1, -0.05) is 0 Å². The third kappa shape index (κ3) is 25.9. The molecule has 0 atom stereocenters. The fourth-order valence-electron chi connectivity index (χ4n) is 0.680. The SMILES string of the molecule is Cl.Cl.[C-]1=CC=CC1.[C-]1=CC=CC1.[CH2-]C=CC.[Zr+3]. The number of allylic oxidation sites excluding steroid dienone is 10. The Balaban J connectivity index is -0.0000000692. The molecular formula is C14H19Cl2Zr. The second kappa shape index (κ2) is 25.0. The van der Waals surface area contributed by atoms with Crippen molar-refractivity contribution in [1.29, 1.82) is 0 Å². The number of rotatable bonds is 0. The monoisotopic (exact) mass is 347 g/mol. The molecule has 2 aliphatic carbocycles. The normalized spacial score (nSPS) is 12.5. The molecule has 0 heterocycles. The van der Waals surface area contributed by atoms with Crippen LogP contribution in [0.5, 0.6) is 0 Å². The first-order chi connectivity index (χ1) is 6.91. The molecule has 0 aromatic carbocycles. The number of hydrogen-bond donors (Lipinski definition) is 0. The van der Waals surface area contributed by atoms with Gasteiger partial charge in [-0.05, 0) is 0 Å². The van der Waals surface area contributed by atoms with Crippen molar-refractivity contribution in [2.45, 2.75) is 19.8 Å².